The van der Waals surface area contributed by atoms with Crippen LogP contribution in [0.1, 0.15) is 5.56 Å². The minimum atomic E-state index is -1.24. The van der Waals surface area contributed by atoms with Gasteiger partial charge in [-0.3, -0.25) is 10.1 Å². The molecule has 8 heteroatoms. The van der Waals surface area contributed by atoms with Crippen molar-refractivity contribution in [3.63, 3.8) is 0 Å². The molecule has 1 rings (SSSR count). The van der Waals surface area contributed by atoms with E-state index in [-0.39, 0.29) is 19.0 Å². The molecular formula is C11H11FN2O5. The maximum Gasteiger partial charge on any atom is 0.326 e. The Labute approximate surface area is 108 Å². The fourth-order valence-corrected chi connectivity index (χ4v) is 1.38. The molecule has 0 aromatic heterocycles. The van der Waals surface area contributed by atoms with Crippen molar-refractivity contribution in [2.75, 3.05) is 27.4 Å². The second kappa shape index (κ2) is 6.51. The number of methoxy groups -OCH3 is 2. The summed E-state index contributed by atoms with van der Waals surface area (Å²) in [5.74, 6) is -1.74. The molecule has 0 saturated heterocycles. The third kappa shape index (κ3) is 3.08. The van der Waals surface area contributed by atoms with Crippen molar-refractivity contribution in [2.24, 2.45) is 0 Å². The normalized spacial score (nSPS) is 9.79. The van der Waals surface area contributed by atoms with Gasteiger partial charge in [0, 0.05) is 13.2 Å². The Morgan fingerprint density at radius 1 is 1.47 bits per heavy atom. The van der Waals surface area contributed by atoms with Crippen LogP contribution in [0.3, 0.4) is 0 Å². The molecule has 102 valence electrons. The Bertz CT molecular complexity index is 527. The topological polar surface area (TPSA) is 94.6 Å². The van der Waals surface area contributed by atoms with Crippen molar-refractivity contribution in [2.45, 2.75) is 0 Å². The fourth-order valence-electron chi connectivity index (χ4n) is 1.38. The summed E-state index contributed by atoms with van der Waals surface area (Å²) in [6.07, 6.45) is 0. The smallest absolute Gasteiger partial charge is 0.326 e. The molecule has 0 aliphatic rings. The predicted octanol–water partition coefficient (Wildman–Crippen LogP) is 1.64. The van der Waals surface area contributed by atoms with Crippen LogP contribution in [-0.2, 0) is 4.74 Å². The lowest BCUT2D eigenvalue weighted by molar-refractivity contribution is -0.387. The lowest BCUT2D eigenvalue weighted by Gasteiger charge is -2.11. The van der Waals surface area contributed by atoms with Crippen LogP contribution in [0.25, 0.3) is 0 Å². The van der Waals surface area contributed by atoms with Crippen LogP contribution in [0.15, 0.2) is 6.07 Å². The Morgan fingerprint density at radius 2 is 2.16 bits per heavy atom. The second-order valence-electron chi connectivity index (χ2n) is 3.33. The Hall–Kier alpha value is -2.40. The van der Waals surface area contributed by atoms with Gasteiger partial charge in [-0.15, -0.1) is 0 Å². The van der Waals surface area contributed by atoms with Gasteiger partial charge in [-0.1, -0.05) is 0 Å². The number of rotatable bonds is 6. The van der Waals surface area contributed by atoms with E-state index in [1.54, 1.807) is 6.07 Å². The Kier molecular flexibility index (Phi) is 5.02. The zero-order valence-electron chi connectivity index (χ0n) is 10.3. The van der Waals surface area contributed by atoms with E-state index in [1.807, 2.05) is 0 Å². The third-order valence-corrected chi connectivity index (χ3v) is 2.22. The molecule has 0 fully saturated rings. The molecule has 0 amide bonds. The molecule has 0 aliphatic carbocycles. The van der Waals surface area contributed by atoms with Crippen LogP contribution < -0.4 is 9.47 Å². The van der Waals surface area contributed by atoms with E-state index in [0.29, 0.717) is 0 Å². The first-order valence-electron chi connectivity index (χ1n) is 5.13. The maximum atomic E-state index is 14.0. The summed E-state index contributed by atoms with van der Waals surface area (Å²) >= 11 is 0. The molecule has 0 saturated carbocycles. The number of nitrogens with zero attached hydrogens (tertiary/aromatic N) is 2. The number of nitro groups is 1. The van der Waals surface area contributed by atoms with Gasteiger partial charge in [0.25, 0.3) is 0 Å². The van der Waals surface area contributed by atoms with Gasteiger partial charge < -0.3 is 14.2 Å². The van der Waals surface area contributed by atoms with Crippen LogP contribution in [0.2, 0.25) is 0 Å². The largest absolute Gasteiger partial charge is 0.493 e. The first kappa shape index (κ1) is 14.7. The van der Waals surface area contributed by atoms with Crippen LogP contribution in [0.5, 0.6) is 11.5 Å². The predicted molar refractivity (Wildman–Crippen MR) is 61.7 cm³/mol. The lowest BCUT2D eigenvalue weighted by atomic mass is 10.1. The van der Waals surface area contributed by atoms with Crippen LogP contribution in [0.4, 0.5) is 10.1 Å². The molecule has 0 N–H and O–H groups in total. The van der Waals surface area contributed by atoms with Crippen LogP contribution >= 0.6 is 0 Å². The summed E-state index contributed by atoms with van der Waals surface area (Å²) in [5, 5.41) is 19.6. The quantitative estimate of drug-likeness (QED) is 0.443. The molecule has 0 spiro atoms. The van der Waals surface area contributed by atoms with Gasteiger partial charge in [0.2, 0.25) is 11.6 Å². The first-order valence-corrected chi connectivity index (χ1v) is 5.13. The third-order valence-electron chi connectivity index (χ3n) is 2.22. The lowest BCUT2D eigenvalue weighted by Crippen LogP contribution is -2.08. The summed E-state index contributed by atoms with van der Waals surface area (Å²) in [7, 11) is 2.67. The zero-order valence-corrected chi connectivity index (χ0v) is 10.3. The van der Waals surface area contributed by atoms with Gasteiger partial charge in [-0.25, -0.2) is 0 Å². The van der Waals surface area contributed by atoms with Crippen molar-refractivity contribution in [1.82, 2.24) is 0 Å². The van der Waals surface area contributed by atoms with E-state index in [4.69, 9.17) is 19.5 Å². The van der Waals surface area contributed by atoms with Gasteiger partial charge in [0.15, 0.2) is 5.75 Å². The Morgan fingerprint density at radius 3 is 2.63 bits per heavy atom. The number of halogens is 1. The number of benzene rings is 1. The Balaban J connectivity index is 3.32. The fraction of sp³-hybridized carbons (Fsp3) is 0.364. The average molecular weight is 270 g/mol. The molecule has 19 heavy (non-hydrogen) atoms. The van der Waals surface area contributed by atoms with E-state index < -0.39 is 27.7 Å². The molecule has 0 unspecified atom stereocenters. The summed E-state index contributed by atoms with van der Waals surface area (Å²) in [4.78, 5) is 9.80. The van der Waals surface area contributed by atoms with Gasteiger partial charge in [0.05, 0.1) is 18.6 Å². The monoisotopic (exact) mass is 270 g/mol. The SMILES string of the molecule is COCCOc1c(OC)cc(C#N)c([N+](=O)[O-])c1F. The van der Waals surface area contributed by atoms with Crippen LogP contribution in [-0.4, -0.2) is 32.4 Å². The van der Waals surface area contributed by atoms with Crippen molar-refractivity contribution in [3.8, 4) is 17.6 Å². The van der Waals surface area contributed by atoms with E-state index in [0.717, 1.165) is 6.07 Å². The summed E-state index contributed by atoms with van der Waals surface area (Å²) < 4.78 is 28.6. The van der Waals surface area contributed by atoms with Crippen molar-refractivity contribution < 1.29 is 23.5 Å². The van der Waals surface area contributed by atoms with Gasteiger partial charge in [-0.2, -0.15) is 9.65 Å². The molecule has 1 aromatic carbocycles. The highest BCUT2D eigenvalue weighted by Gasteiger charge is 2.28. The number of hydrogen-bond acceptors (Lipinski definition) is 6. The average Bonchev–Trinajstić information content (AvgIpc) is 2.39. The minimum absolute atomic E-state index is 0.00711. The van der Waals surface area contributed by atoms with Gasteiger partial charge >= 0.3 is 5.69 Å². The van der Waals surface area contributed by atoms with E-state index in [9.17, 15) is 14.5 Å². The highest BCUT2D eigenvalue weighted by atomic mass is 19.1. The molecule has 7 nitrogen and oxygen atoms in total. The minimum Gasteiger partial charge on any atom is -0.493 e. The highest BCUT2D eigenvalue weighted by molar-refractivity contribution is 5.60. The standard InChI is InChI=1S/C11H11FN2O5/c1-17-3-4-19-11-8(18-2)5-7(6-13)10(9(11)12)14(15)16/h5H,3-4H2,1-2H3. The van der Waals surface area contributed by atoms with Crippen molar-refractivity contribution in [3.05, 3.63) is 27.6 Å². The van der Waals surface area contributed by atoms with Crippen molar-refractivity contribution in [1.29, 1.82) is 5.26 Å². The first-order chi connectivity index (χ1) is 9.06. The highest BCUT2D eigenvalue weighted by Crippen LogP contribution is 2.38. The van der Waals surface area contributed by atoms with Crippen molar-refractivity contribution >= 4 is 5.69 Å². The molecule has 1 aromatic rings. The number of hydrogen-bond donors (Lipinski definition) is 0. The van der Waals surface area contributed by atoms with E-state index in [2.05, 4.69) is 0 Å². The van der Waals surface area contributed by atoms with E-state index >= 15 is 0 Å². The van der Waals surface area contributed by atoms with E-state index in [1.165, 1.54) is 14.2 Å². The van der Waals surface area contributed by atoms with Crippen LogP contribution in [0, 0.1) is 27.3 Å². The molecule has 0 bridgehead atoms. The molecular weight excluding hydrogens is 259 g/mol. The van der Waals surface area contributed by atoms with Gasteiger partial charge in [-0.05, 0) is 0 Å². The van der Waals surface area contributed by atoms with Gasteiger partial charge in [0.1, 0.15) is 18.2 Å². The number of nitro benzene ring substituents is 1. The molecule has 0 heterocycles. The summed E-state index contributed by atoms with van der Waals surface area (Å²) in [6.45, 7) is 0.170. The summed E-state index contributed by atoms with van der Waals surface area (Å²) in [6, 6.07) is 2.60. The number of nitriles is 1. The molecule has 0 radical (unpaired) electrons. The maximum absolute atomic E-state index is 14.0. The molecule has 0 atom stereocenters. The zero-order chi connectivity index (χ0) is 14.4. The number of ether oxygens (including phenoxy) is 3. The molecule has 0 aliphatic heterocycles. The second-order valence-corrected chi connectivity index (χ2v) is 3.33. The summed E-state index contributed by atoms with van der Waals surface area (Å²) in [5.41, 5.74) is -1.37.